The number of nitrogens with zero attached hydrogens (tertiary/aromatic N) is 1. The first-order chi connectivity index (χ1) is 8.09. The van der Waals surface area contributed by atoms with Crippen LogP contribution in [-0.2, 0) is 11.2 Å². The second-order valence-electron chi connectivity index (χ2n) is 4.41. The van der Waals surface area contributed by atoms with Gasteiger partial charge in [-0.15, -0.1) is 0 Å². The summed E-state index contributed by atoms with van der Waals surface area (Å²) in [6.07, 6.45) is 0.580. The van der Waals surface area contributed by atoms with E-state index in [0.717, 1.165) is 22.2 Å². The third-order valence-corrected chi connectivity index (χ3v) is 2.76. The summed E-state index contributed by atoms with van der Waals surface area (Å²) < 4.78 is 5.33. The van der Waals surface area contributed by atoms with Crippen LogP contribution in [0.15, 0.2) is 22.7 Å². The highest BCUT2D eigenvalue weighted by molar-refractivity contribution is 5.83. The van der Waals surface area contributed by atoms with Crippen molar-refractivity contribution >= 4 is 16.9 Å². The number of hydrogen-bond acceptors (Lipinski definition) is 3. The van der Waals surface area contributed by atoms with Gasteiger partial charge in [0.25, 0.3) is 0 Å². The molecule has 17 heavy (non-hydrogen) atoms. The molecule has 1 heterocycles. The molecule has 0 bridgehead atoms. The first-order valence-corrected chi connectivity index (χ1v) is 5.68. The number of carboxylic acids is 1. The Balaban J connectivity index is 2.41. The molecule has 0 radical (unpaired) electrons. The van der Waals surface area contributed by atoms with Crippen molar-refractivity contribution in [1.82, 2.24) is 5.16 Å². The smallest absolute Gasteiger partial charge is 0.303 e. The maximum atomic E-state index is 10.6. The quantitative estimate of drug-likeness (QED) is 0.881. The van der Waals surface area contributed by atoms with Crippen molar-refractivity contribution in [1.29, 1.82) is 0 Å². The second-order valence-corrected chi connectivity index (χ2v) is 4.41. The van der Waals surface area contributed by atoms with Gasteiger partial charge in [0.2, 0.25) is 0 Å². The lowest BCUT2D eigenvalue weighted by Gasteiger charge is -2.01. The monoisotopic (exact) mass is 233 g/mol. The Bertz CT molecular complexity index is 543. The molecule has 0 saturated carbocycles. The lowest BCUT2D eigenvalue weighted by atomic mass is 10.0. The molecule has 1 aromatic carbocycles. The Morgan fingerprint density at radius 1 is 1.47 bits per heavy atom. The van der Waals surface area contributed by atoms with Gasteiger partial charge in [-0.2, -0.15) is 0 Å². The van der Waals surface area contributed by atoms with Gasteiger partial charge < -0.3 is 9.63 Å². The normalized spacial score (nSPS) is 11.2. The summed E-state index contributed by atoms with van der Waals surface area (Å²) in [5.41, 5.74) is 2.55. The average Bonchev–Trinajstić information content (AvgIpc) is 2.70. The number of fused-ring (bicyclic) bond motifs is 1. The zero-order valence-electron chi connectivity index (χ0n) is 9.93. The number of para-hydroxylation sites is 1. The lowest BCUT2D eigenvalue weighted by Crippen LogP contribution is -1.97. The van der Waals surface area contributed by atoms with E-state index in [-0.39, 0.29) is 6.42 Å². The summed E-state index contributed by atoms with van der Waals surface area (Å²) in [4.78, 5) is 10.6. The van der Waals surface area contributed by atoms with E-state index in [1.807, 2.05) is 18.2 Å². The molecule has 0 atom stereocenters. The minimum absolute atomic E-state index is 0.108. The van der Waals surface area contributed by atoms with Crippen molar-refractivity contribution in [2.45, 2.75) is 32.6 Å². The fraction of sp³-hybridized carbons (Fsp3) is 0.385. The number of carboxylic acid groups (broad SMARTS) is 1. The number of carbonyl (C=O) groups is 1. The van der Waals surface area contributed by atoms with E-state index in [9.17, 15) is 4.79 Å². The first kappa shape index (κ1) is 11.6. The minimum atomic E-state index is -0.800. The van der Waals surface area contributed by atoms with Crippen LogP contribution in [0.1, 0.15) is 37.4 Å². The van der Waals surface area contributed by atoms with Crippen LogP contribution < -0.4 is 0 Å². The largest absolute Gasteiger partial charge is 0.481 e. The van der Waals surface area contributed by atoms with Crippen molar-refractivity contribution in [3.63, 3.8) is 0 Å². The Hall–Kier alpha value is -1.84. The summed E-state index contributed by atoms with van der Waals surface area (Å²) >= 11 is 0. The zero-order valence-corrected chi connectivity index (χ0v) is 9.93. The molecular weight excluding hydrogens is 218 g/mol. The molecule has 0 spiro atoms. The number of aryl methyl sites for hydroxylation is 1. The third kappa shape index (κ3) is 2.30. The van der Waals surface area contributed by atoms with Crippen LogP contribution in [0.25, 0.3) is 11.0 Å². The van der Waals surface area contributed by atoms with Crippen LogP contribution >= 0.6 is 0 Å². The molecule has 0 amide bonds. The number of hydrogen-bond donors (Lipinski definition) is 1. The molecule has 4 heteroatoms. The van der Waals surface area contributed by atoms with E-state index < -0.39 is 5.97 Å². The molecule has 2 rings (SSSR count). The van der Waals surface area contributed by atoms with Gasteiger partial charge >= 0.3 is 5.97 Å². The molecule has 90 valence electrons. The molecular formula is C13H15NO3. The standard InChI is InChI=1S/C13H15NO3/c1-8(2)12-10-5-3-4-9(6-7-11(15)16)13(10)17-14-12/h3-5,8H,6-7H2,1-2H3,(H,15,16). The van der Waals surface area contributed by atoms with Crippen LogP contribution in [0, 0.1) is 0 Å². The number of aromatic nitrogens is 1. The number of aliphatic carboxylic acids is 1. The average molecular weight is 233 g/mol. The highest BCUT2D eigenvalue weighted by Gasteiger charge is 2.14. The maximum absolute atomic E-state index is 10.6. The van der Waals surface area contributed by atoms with Gasteiger partial charge in [0.05, 0.1) is 5.69 Å². The lowest BCUT2D eigenvalue weighted by molar-refractivity contribution is -0.136. The predicted octanol–water partition coefficient (Wildman–Crippen LogP) is 2.97. The van der Waals surface area contributed by atoms with Gasteiger partial charge in [-0.3, -0.25) is 4.79 Å². The van der Waals surface area contributed by atoms with E-state index in [1.54, 1.807) is 0 Å². The SMILES string of the molecule is CC(C)c1noc2c(CCC(=O)O)cccc12. The number of benzene rings is 1. The van der Waals surface area contributed by atoms with Gasteiger partial charge in [-0.1, -0.05) is 31.1 Å². The van der Waals surface area contributed by atoms with Crippen molar-refractivity contribution in [2.24, 2.45) is 0 Å². The maximum Gasteiger partial charge on any atom is 0.303 e. The van der Waals surface area contributed by atoms with Crippen LogP contribution in [-0.4, -0.2) is 16.2 Å². The summed E-state index contributed by atoms with van der Waals surface area (Å²) in [6, 6.07) is 5.77. The molecule has 4 nitrogen and oxygen atoms in total. The van der Waals surface area contributed by atoms with Crippen LogP contribution in [0.5, 0.6) is 0 Å². The van der Waals surface area contributed by atoms with Gasteiger partial charge in [0, 0.05) is 11.8 Å². The highest BCUT2D eigenvalue weighted by atomic mass is 16.5. The molecule has 2 aromatic rings. The van der Waals surface area contributed by atoms with Gasteiger partial charge in [0.15, 0.2) is 5.58 Å². The van der Waals surface area contributed by atoms with Gasteiger partial charge in [-0.05, 0) is 24.0 Å². The molecule has 0 aliphatic carbocycles. The van der Waals surface area contributed by atoms with Crippen molar-refractivity contribution in [3.05, 3.63) is 29.5 Å². The number of rotatable bonds is 4. The summed E-state index contributed by atoms with van der Waals surface area (Å²) in [7, 11) is 0. The van der Waals surface area contributed by atoms with Crippen molar-refractivity contribution in [3.8, 4) is 0 Å². The van der Waals surface area contributed by atoms with Gasteiger partial charge in [0.1, 0.15) is 0 Å². The molecule has 0 saturated heterocycles. The minimum Gasteiger partial charge on any atom is -0.481 e. The Morgan fingerprint density at radius 3 is 2.88 bits per heavy atom. The molecule has 1 aromatic heterocycles. The molecule has 0 aliphatic heterocycles. The fourth-order valence-electron chi connectivity index (χ4n) is 1.89. The Morgan fingerprint density at radius 2 is 2.24 bits per heavy atom. The van der Waals surface area contributed by atoms with Crippen molar-refractivity contribution < 1.29 is 14.4 Å². The van der Waals surface area contributed by atoms with Gasteiger partial charge in [-0.25, -0.2) is 0 Å². The fourth-order valence-corrected chi connectivity index (χ4v) is 1.89. The van der Waals surface area contributed by atoms with Crippen LogP contribution in [0.3, 0.4) is 0 Å². The summed E-state index contributed by atoms with van der Waals surface area (Å²) in [5.74, 6) is -0.503. The topological polar surface area (TPSA) is 63.3 Å². The van der Waals surface area contributed by atoms with E-state index in [1.165, 1.54) is 0 Å². The first-order valence-electron chi connectivity index (χ1n) is 5.68. The zero-order chi connectivity index (χ0) is 12.4. The molecule has 1 N–H and O–H groups in total. The van der Waals surface area contributed by atoms with Crippen molar-refractivity contribution in [2.75, 3.05) is 0 Å². The van der Waals surface area contributed by atoms with E-state index >= 15 is 0 Å². The summed E-state index contributed by atoms with van der Waals surface area (Å²) in [6.45, 7) is 4.11. The van der Waals surface area contributed by atoms with E-state index in [2.05, 4.69) is 19.0 Å². The molecule has 0 unspecified atom stereocenters. The highest BCUT2D eigenvalue weighted by Crippen LogP contribution is 2.27. The predicted molar refractivity (Wildman–Crippen MR) is 64.1 cm³/mol. The molecule has 0 fully saturated rings. The van der Waals surface area contributed by atoms with Crippen LogP contribution in [0.4, 0.5) is 0 Å². The molecule has 0 aliphatic rings. The second kappa shape index (κ2) is 4.57. The Labute approximate surface area is 99.2 Å². The van der Waals surface area contributed by atoms with E-state index in [0.29, 0.717) is 12.3 Å². The Kier molecular flexibility index (Phi) is 3.13. The van der Waals surface area contributed by atoms with E-state index in [4.69, 9.17) is 9.63 Å². The third-order valence-electron chi connectivity index (χ3n) is 2.76. The van der Waals surface area contributed by atoms with Crippen LogP contribution in [0.2, 0.25) is 0 Å². The summed E-state index contributed by atoms with van der Waals surface area (Å²) in [5, 5.41) is 13.7.